The third kappa shape index (κ3) is 5.92. The summed E-state index contributed by atoms with van der Waals surface area (Å²) in [4.78, 5) is 0. The summed E-state index contributed by atoms with van der Waals surface area (Å²) < 4.78 is 27.0. The molecule has 0 saturated heterocycles. The molecular formula is C11H19NO3S. The van der Waals surface area contributed by atoms with Gasteiger partial charge in [-0.2, -0.15) is 0 Å². The van der Waals surface area contributed by atoms with Crippen molar-refractivity contribution in [1.29, 1.82) is 0 Å². The second kappa shape index (κ2) is 6.06. The average molecular weight is 245 g/mol. The van der Waals surface area contributed by atoms with E-state index in [1.165, 1.54) is 6.26 Å². The first-order valence-corrected chi connectivity index (χ1v) is 7.47. The lowest BCUT2D eigenvalue weighted by molar-refractivity contribution is 0.465. The zero-order valence-electron chi connectivity index (χ0n) is 9.77. The minimum atomic E-state index is -2.86. The van der Waals surface area contributed by atoms with Crippen molar-refractivity contribution in [3.05, 3.63) is 24.2 Å². The Morgan fingerprint density at radius 2 is 2.25 bits per heavy atom. The van der Waals surface area contributed by atoms with E-state index in [1.807, 2.05) is 19.1 Å². The van der Waals surface area contributed by atoms with E-state index in [0.29, 0.717) is 12.6 Å². The van der Waals surface area contributed by atoms with E-state index in [4.69, 9.17) is 4.42 Å². The van der Waals surface area contributed by atoms with Gasteiger partial charge in [-0.1, -0.05) is 0 Å². The van der Waals surface area contributed by atoms with Crippen molar-refractivity contribution < 1.29 is 12.8 Å². The molecule has 1 aromatic rings. The molecule has 0 radical (unpaired) electrons. The minimum absolute atomic E-state index is 0.193. The Bertz CT molecular complexity index is 383. The third-order valence-corrected chi connectivity index (χ3v) is 3.32. The highest BCUT2D eigenvalue weighted by Crippen LogP contribution is 2.05. The summed E-state index contributed by atoms with van der Waals surface area (Å²) in [6, 6.07) is 4.12. The minimum Gasteiger partial charge on any atom is -0.469 e. The van der Waals surface area contributed by atoms with Crippen LogP contribution in [0, 0.1) is 0 Å². The lowest BCUT2D eigenvalue weighted by Crippen LogP contribution is -2.31. The molecule has 1 unspecified atom stereocenters. The molecule has 1 heterocycles. The topological polar surface area (TPSA) is 59.3 Å². The normalized spacial score (nSPS) is 13.9. The van der Waals surface area contributed by atoms with E-state index < -0.39 is 9.84 Å². The molecule has 0 fully saturated rings. The first kappa shape index (κ1) is 13.3. The molecule has 0 saturated carbocycles. The van der Waals surface area contributed by atoms with Crippen LogP contribution in [0.2, 0.25) is 0 Å². The molecule has 0 bridgehead atoms. The summed E-state index contributed by atoms with van der Waals surface area (Å²) in [6.45, 7) is 2.56. The number of sulfone groups is 1. The molecule has 0 aliphatic carbocycles. The number of hydrogen-bond donors (Lipinski definition) is 1. The van der Waals surface area contributed by atoms with Crippen LogP contribution in [-0.4, -0.2) is 33.0 Å². The predicted molar refractivity (Wildman–Crippen MR) is 64.2 cm³/mol. The maximum absolute atomic E-state index is 10.9. The number of hydrogen-bond acceptors (Lipinski definition) is 4. The molecule has 92 valence electrons. The van der Waals surface area contributed by atoms with Gasteiger partial charge in [0, 0.05) is 25.3 Å². The quantitative estimate of drug-likeness (QED) is 0.785. The van der Waals surface area contributed by atoms with Gasteiger partial charge in [0.1, 0.15) is 15.6 Å². The maximum Gasteiger partial charge on any atom is 0.148 e. The van der Waals surface area contributed by atoms with Gasteiger partial charge in [-0.3, -0.25) is 0 Å². The van der Waals surface area contributed by atoms with Gasteiger partial charge >= 0.3 is 0 Å². The summed E-state index contributed by atoms with van der Waals surface area (Å²) in [5.74, 6) is 1.16. The van der Waals surface area contributed by atoms with Gasteiger partial charge in [-0.25, -0.2) is 8.42 Å². The maximum atomic E-state index is 10.9. The van der Waals surface area contributed by atoms with Crippen LogP contribution in [-0.2, 0) is 16.3 Å². The summed E-state index contributed by atoms with van der Waals surface area (Å²) >= 11 is 0. The van der Waals surface area contributed by atoms with Crippen LogP contribution < -0.4 is 5.32 Å². The van der Waals surface area contributed by atoms with Gasteiger partial charge in [-0.05, 0) is 25.5 Å². The van der Waals surface area contributed by atoms with E-state index in [0.717, 1.165) is 18.6 Å². The predicted octanol–water partition coefficient (Wildman–Crippen LogP) is 1.23. The Morgan fingerprint density at radius 3 is 2.81 bits per heavy atom. The lowest BCUT2D eigenvalue weighted by Gasteiger charge is -2.12. The fraction of sp³-hybridized carbons (Fsp3) is 0.636. The van der Waals surface area contributed by atoms with Gasteiger partial charge in [0.05, 0.1) is 12.0 Å². The molecule has 0 aliphatic rings. The molecule has 1 aromatic heterocycles. The van der Waals surface area contributed by atoms with Crippen LogP contribution >= 0.6 is 0 Å². The SMILES string of the molecule is CC(CCc1ccco1)NCCS(C)(=O)=O. The molecule has 16 heavy (non-hydrogen) atoms. The summed E-state index contributed by atoms with van der Waals surface area (Å²) in [6.07, 6.45) is 4.73. The summed E-state index contributed by atoms with van der Waals surface area (Å²) in [5, 5.41) is 3.18. The molecule has 5 heteroatoms. The van der Waals surface area contributed by atoms with Crippen molar-refractivity contribution in [2.24, 2.45) is 0 Å². The van der Waals surface area contributed by atoms with Crippen LogP contribution in [0.5, 0.6) is 0 Å². The van der Waals surface area contributed by atoms with Gasteiger partial charge in [0.15, 0.2) is 0 Å². The van der Waals surface area contributed by atoms with E-state index in [1.54, 1.807) is 6.26 Å². The van der Waals surface area contributed by atoms with Crippen molar-refractivity contribution in [3.8, 4) is 0 Å². The molecule has 1 rings (SSSR count). The van der Waals surface area contributed by atoms with Crippen molar-refractivity contribution in [2.45, 2.75) is 25.8 Å². The van der Waals surface area contributed by atoms with E-state index in [2.05, 4.69) is 5.32 Å². The van der Waals surface area contributed by atoms with Crippen LogP contribution in [0.4, 0.5) is 0 Å². The van der Waals surface area contributed by atoms with Gasteiger partial charge < -0.3 is 9.73 Å². The molecule has 0 spiro atoms. The van der Waals surface area contributed by atoms with E-state index in [9.17, 15) is 8.42 Å². The zero-order chi connectivity index (χ0) is 12.0. The number of nitrogens with one attached hydrogen (secondary N) is 1. The van der Waals surface area contributed by atoms with Crippen molar-refractivity contribution in [2.75, 3.05) is 18.6 Å². The monoisotopic (exact) mass is 245 g/mol. The fourth-order valence-electron chi connectivity index (χ4n) is 1.41. The summed E-state index contributed by atoms with van der Waals surface area (Å²) in [7, 11) is -2.86. The first-order valence-electron chi connectivity index (χ1n) is 5.41. The fourth-order valence-corrected chi connectivity index (χ4v) is 1.90. The molecule has 0 aromatic carbocycles. The highest BCUT2D eigenvalue weighted by Gasteiger charge is 2.06. The Labute approximate surface area is 97.0 Å². The van der Waals surface area contributed by atoms with Crippen molar-refractivity contribution >= 4 is 9.84 Å². The van der Waals surface area contributed by atoms with Crippen molar-refractivity contribution in [3.63, 3.8) is 0 Å². The molecule has 1 atom stereocenters. The largest absolute Gasteiger partial charge is 0.469 e. The number of furan rings is 1. The third-order valence-electron chi connectivity index (χ3n) is 2.37. The Kier molecular flexibility index (Phi) is 5.02. The Balaban J connectivity index is 2.14. The standard InChI is InChI=1S/C11H19NO3S/c1-10(12-7-9-16(2,13)14)5-6-11-4-3-8-15-11/h3-4,8,10,12H,5-7,9H2,1-2H3. The van der Waals surface area contributed by atoms with E-state index >= 15 is 0 Å². The zero-order valence-corrected chi connectivity index (χ0v) is 10.6. The molecule has 4 nitrogen and oxygen atoms in total. The Hall–Kier alpha value is -0.810. The highest BCUT2D eigenvalue weighted by atomic mass is 32.2. The number of aryl methyl sites for hydroxylation is 1. The lowest BCUT2D eigenvalue weighted by atomic mass is 10.1. The smallest absolute Gasteiger partial charge is 0.148 e. The average Bonchev–Trinajstić information content (AvgIpc) is 2.65. The molecule has 0 aliphatic heterocycles. The van der Waals surface area contributed by atoms with Crippen LogP contribution in [0.1, 0.15) is 19.1 Å². The second-order valence-corrected chi connectivity index (χ2v) is 6.36. The number of rotatable bonds is 7. The van der Waals surface area contributed by atoms with Gasteiger partial charge in [0.2, 0.25) is 0 Å². The van der Waals surface area contributed by atoms with Crippen LogP contribution in [0.15, 0.2) is 22.8 Å². The van der Waals surface area contributed by atoms with E-state index in [-0.39, 0.29) is 5.75 Å². The van der Waals surface area contributed by atoms with Gasteiger partial charge in [-0.15, -0.1) is 0 Å². The van der Waals surface area contributed by atoms with Crippen LogP contribution in [0.25, 0.3) is 0 Å². The Morgan fingerprint density at radius 1 is 1.50 bits per heavy atom. The van der Waals surface area contributed by atoms with Crippen LogP contribution in [0.3, 0.4) is 0 Å². The molecule has 0 amide bonds. The first-order chi connectivity index (χ1) is 7.47. The highest BCUT2D eigenvalue weighted by molar-refractivity contribution is 7.90. The molecular weight excluding hydrogens is 226 g/mol. The molecule has 1 N–H and O–H groups in total. The summed E-state index contributed by atoms with van der Waals surface area (Å²) in [5.41, 5.74) is 0. The second-order valence-electron chi connectivity index (χ2n) is 4.10. The van der Waals surface area contributed by atoms with Crippen molar-refractivity contribution in [1.82, 2.24) is 5.32 Å². The van der Waals surface area contributed by atoms with Gasteiger partial charge in [0.25, 0.3) is 0 Å².